The van der Waals surface area contributed by atoms with Crippen LogP contribution in [0.3, 0.4) is 0 Å². The van der Waals surface area contributed by atoms with E-state index in [2.05, 4.69) is 0 Å². The zero-order valence-electron chi connectivity index (χ0n) is 1.63. The SMILES string of the molecule is I.I.I.I.[SiH4]. The molecule has 0 aromatic carbocycles. The molecule has 5 heteroatoms. The topological polar surface area (TPSA) is 0 Å². The molecule has 0 rings (SSSR count). The first-order chi connectivity index (χ1) is 0. The summed E-state index contributed by atoms with van der Waals surface area (Å²) in [4.78, 5) is 0. The Morgan fingerprint density at radius 2 is 0.400 bits per heavy atom. The van der Waals surface area contributed by atoms with E-state index in [1.54, 1.807) is 0 Å². The average Bonchev–Trinajstić information content (AvgIpc) is 0. The highest BCUT2D eigenvalue weighted by molar-refractivity contribution is 14.0. The molecule has 0 unspecified atom stereocenters. The predicted octanol–water partition coefficient (Wildman–Crippen LogP) is 1.02. The van der Waals surface area contributed by atoms with Gasteiger partial charge in [0.25, 0.3) is 0 Å². The quantitative estimate of drug-likeness (QED) is 0.316. The zero-order chi connectivity index (χ0) is 0. The second-order valence-corrected chi connectivity index (χ2v) is 0. The highest BCUT2D eigenvalue weighted by Crippen LogP contribution is 0.889. The minimum absolute atomic E-state index is 0. The highest BCUT2D eigenvalue weighted by atomic mass is 127. The van der Waals surface area contributed by atoms with Crippen molar-refractivity contribution in [1.82, 2.24) is 0 Å². The fourth-order valence-corrected chi connectivity index (χ4v) is 0. The van der Waals surface area contributed by atoms with Gasteiger partial charge < -0.3 is 0 Å². The van der Waals surface area contributed by atoms with E-state index in [1.807, 2.05) is 0 Å². The Morgan fingerprint density at radius 3 is 0.400 bits per heavy atom. The lowest BCUT2D eigenvalue weighted by molar-refractivity contribution is 5.75. The molecule has 0 saturated carbocycles. The van der Waals surface area contributed by atoms with Crippen LogP contribution in [-0.2, 0) is 0 Å². The first kappa shape index (κ1) is 42.1. The summed E-state index contributed by atoms with van der Waals surface area (Å²) in [5.41, 5.74) is 0. The van der Waals surface area contributed by atoms with Crippen LogP contribution in [0.1, 0.15) is 0 Å². The molecule has 0 aromatic heterocycles. The Kier molecular flexibility index (Phi) is 230. The van der Waals surface area contributed by atoms with Gasteiger partial charge in [-0.2, -0.15) is 0 Å². The highest BCUT2D eigenvalue weighted by Gasteiger charge is -0.0148. The molecule has 0 bridgehead atoms. The number of hydrogen-bond acceptors (Lipinski definition) is 0. The molecule has 0 saturated heterocycles. The van der Waals surface area contributed by atoms with Crippen molar-refractivity contribution in [2.24, 2.45) is 0 Å². The van der Waals surface area contributed by atoms with E-state index in [-0.39, 0.29) is 107 Å². The van der Waals surface area contributed by atoms with Crippen LogP contribution in [0.15, 0.2) is 0 Å². The summed E-state index contributed by atoms with van der Waals surface area (Å²) >= 11 is 0. The van der Waals surface area contributed by atoms with Crippen molar-refractivity contribution >= 4 is 107 Å². The summed E-state index contributed by atoms with van der Waals surface area (Å²) in [5, 5.41) is 0. The number of hydrogen-bond donors (Lipinski definition) is 0. The van der Waals surface area contributed by atoms with Crippen LogP contribution < -0.4 is 0 Å². The Bertz CT molecular complexity index is 3.61. The molecule has 0 radical (unpaired) electrons. The third kappa shape index (κ3) is 19.1. The fourth-order valence-electron chi connectivity index (χ4n) is 0. The van der Waals surface area contributed by atoms with Crippen LogP contribution in [0, 0.1) is 0 Å². The molecule has 0 aliphatic rings. The molecule has 0 nitrogen and oxygen atoms in total. The minimum atomic E-state index is 0. The maximum atomic E-state index is 0. The van der Waals surface area contributed by atoms with Crippen molar-refractivity contribution in [3.05, 3.63) is 0 Å². The lowest BCUT2D eigenvalue weighted by Crippen LogP contribution is -0.381. The molecule has 0 aromatic rings. The van der Waals surface area contributed by atoms with E-state index in [4.69, 9.17) is 0 Å². The second kappa shape index (κ2) is 27.3. The van der Waals surface area contributed by atoms with Gasteiger partial charge in [-0.05, 0) is 11.0 Å². The molecule has 0 heterocycles. The molecule has 5 heavy (non-hydrogen) atoms. The monoisotopic (exact) mass is 544 g/mol. The van der Waals surface area contributed by atoms with E-state index in [9.17, 15) is 0 Å². The van der Waals surface area contributed by atoms with Gasteiger partial charge in [0.2, 0.25) is 0 Å². The van der Waals surface area contributed by atoms with Gasteiger partial charge in [0.1, 0.15) is 0 Å². The van der Waals surface area contributed by atoms with E-state index < -0.39 is 0 Å². The lowest BCUT2D eigenvalue weighted by Gasteiger charge is -0.108. The summed E-state index contributed by atoms with van der Waals surface area (Å²) in [7, 11) is 0. The third-order valence-corrected chi connectivity index (χ3v) is 0. The molecule has 40 valence electrons. The van der Waals surface area contributed by atoms with E-state index in [0.717, 1.165) is 0 Å². The van der Waals surface area contributed by atoms with Gasteiger partial charge in [0.15, 0.2) is 0 Å². The molecule has 0 aliphatic carbocycles. The largest absolute Gasteiger partial charge is 0.107 e. The Labute approximate surface area is 105 Å². The van der Waals surface area contributed by atoms with Crippen LogP contribution >= 0.6 is 95.9 Å². The molecule has 0 spiro atoms. The van der Waals surface area contributed by atoms with Gasteiger partial charge in [-0.3, -0.25) is 0 Å². The Hall–Kier alpha value is 3.14. The van der Waals surface area contributed by atoms with E-state index in [1.165, 1.54) is 0 Å². The minimum Gasteiger partial charge on any atom is -0.107 e. The summed E-state index contributed by atoms with van der Waals surface area (Å²) in [6, 6.07) is 0. The normalized spacial score (nSPS) is 0. The summed E-state index contributed by atoms with van der Waals surface area (Å²) in [6.45, 7) is 0. The van der Waals surface area contributed by atoms with Gasteiger partial charge >= 0.3 is 0 Å². The molecule has 0 atom stereocenters. The summed E-state index contributed by atoms with van der Waals surface area (Å²) < 4.78 is 0. The summed E-state index contributed by atoms with van der Waals surface area (Å²) in [5.74, 6) is 0. The van der Waals surface area contributed by atoms with Crippen molar-refractivity contribution in [3.8, 4) is 0 Å². The van der Waals surface area contributed by atoms with Crippen molar-refractivity contribution in [3.63, 3.8) is 0 Å². The first-order valence-corrected chi connectivity index (χ1v) is 0. The molecule has 0 aliphatic heterocycles. The van der Waals surface area contributed by atoms with Gasteiger partial charge in [-0.15, -0.1) is 95.9 Å². The lowest BCUT2D eigenvalue weighted by atomic mass is 28.1. The van der Waals surface area contributed by atoms with Gasteiger partial charge in [0, 0.05) is 0 Å². The van der Waals surface area contributed by atoms with Crippen molar-refractivity contribution in [1.29, 1.82) is 0 Å². The van der Waals surface area contributed by atoms with Crippen LogP contribution in [0.25, 0.3) is 0 Å². The number of rotatable bonds is 0. The van der Waals surface area contributed by atoms with Crippen molar-refractivity contribution in [2.45, 2.75) is 0 Å². The standard InChI is InChI=1S/4HI.H4Si/h4*1H;1H4. The molecule has 0 N–H and O–H groups in total. The first-order valence-electron chi connectivity index (χ1n) is 0. The van der Waals surface area contributed by atoms with Gasteiger partial charge in [-0.1, -0.05) is 0 Å². The smallest absolute Gasteiger partial charge is 0.0149 e. The van der Waals surface area contributed by atoms with Crippen molar-refractivity contribution < 1.29 is 0 Å². The van der Waals surface area contributed by atoms with Crippen LogP contribution in [-0.4, -0.2) is 11.0 Å². The van der Waals surface area contributed by atoms with Gasteiger partial charge in [-0.25, -0.2) is 0 Å². The maximum absolute atomic E-state index is 0. The average molecular weight is 544 g/mol. The van der Waals surface area contributed by atoms with Crippen molar-refractivity contribution in [2.75, 3.05) is 0 Å². The zero-order valence-corrected chi connectivity index (χ0v) is 11.0. The predicted molar refractivity (Wildman–Crippen MR) is 73.0 cm³/mol. The molecular weight excluding hydrogens is 536 g/mol. The molecular formula is H8I4Si. The van der Waals surface area contributed by atoms with E-state index in [0.29, 0.717) is 0 Å². The number of halogens is 4. The maximum Gasteiger partial charge on any atom is -0.0149 e. The Morgan fingerprint density at radius 1 is 0.400 bits per heavy atom. The summed E-state index contributed by atoms with van der Waals surface area (Å²) in [6.07, 6.45) is 0. The third-order valence-electron chi connectivity index (χ3n) is 0. The Balaban J connectivity index is 0. The van der Waals surface area contributed by atoms with Gasteiger partial charge in [0.05, 0.1) is 0 Å². The van der Waals surface area contributed by atoms with Crippen LogP contribution in [0.2, 0.25) is 0 Å². The molecule has 0 amide bonds. The van der Waals surface area contributed by atoms with Crippen LogP contribution in [0.4, 0.5) is 0 Å². The fraction of sp³-hybridized carbons (Fsp3) is 0. The second-order valence-electron chi connectivity index (χ2n) is 0. The van der Waals surface area contributed by atoms with Crippen LogP contribution in [0.5, 0.6) is 0 Å². The van der Waals surface area contributed by atoms with E-state index >= 15 is 0 Å². The molecule has 0 fully saturated rings.